The summed E-state index contributed by atoms with van der Waals surface area (Å²) in [5.41, 5.74) is -0.231. The van der Waals surface area contributed by atoms with Crippen molar-refractivity contribution in [3.05, 3.63) is 35.9 Å². The van der Waals surface area contributed by atoms with Crippen molar-refractivity contribution in [1.82, 2.24) is 0 Å². The van der Waals surface area contributed by atoms with Gasteiger partial charge in [0, 0.05) is 24.4 Å². The van der Waals surface area contributed by atoms with E-state index in [0.29, 0.717) is 6.42 Å². The number of aliphatic hydroxyl groups is 2. The van der Waals surface area contributed by atoms with Crippen molar-refractivity contribution in [2.75, 3.05) is 6.61 Å². The van der Waals surface area contributed by atoms with Crippen LogP contribution in [0.3, 0.4) is 0 Å². The van der Waals surface area contributed by atoms with Crippen LogP contribution in [-0.2, 0) is 4.79 Å². The summed E-state index contributed by atoms with van der Waals surface area (Å²) in [6.07, 6.45) is 2.20. The van der Waals surface area contributed by atoms with Crippen LogP contribution in [0, 0.1) is 11.8 Å². The fourth-order valence-electron chi connectivity index (χ4n) is 3.86. The molecule has 0 aliphatic heterocycles. The molecule has 4 atom stereocenters. The van der Waals surface area contributed by atoms with Crippen LogP contribution in [0.5, 0.6) is 0 Å². The maximum absolute atomic E-state index is 12.3. The Kier molecular flexibility index (Phi) is 2.76. The molecule has 0 spiro atoms. The van der Waals surface area contributed by atoms with Crippen molar-refractivity contribution in [1.29, 1.82) is 0 Å². The Morgan fingerprint density at radius 2 is 2.00 bits per heavy atom. The predicted octanol–water partition coefficient (Wildman–Crippen LogP) is 1.49. The summed E-state index contributed by atoms with van der Waals surface area (Å²) in [7, 11) is 0. The van der Waals surface area contributed by atoms with Gasteiger partial charge in [-0.3, -0.25) is 4.79 Å². The van der Waals surface area contributed by atoms with Crippen molar-refractivity contribution in [3.8, 4) is 0 Å². The minimum atomic E-state index is -1.29. The maximum Gasteiger partial charge on any atom is 0.168 e. The third kappa shape index (κ3) is 1.47. The molecule has 2 N–H and O–H groups in total. The quantitative estimate of drug-likeness (QED) is 0.831. The zero-order chi connectivity index (χ0) is 12.8. The highest BCUT2D eigenvalue weighted by Gasteiger charge is 2.60. The average molecular weight is 246 g/mol. The van der Waals surface area contributed by atoms with Gasteiger partial charge >= 0.3 is 0 Å². The first-order valence-corrected chi connectivity index (χ1v) is 6.61. The van der Waals surface area contributed by atoms with Crippen LogP contribution in [0.25, 0.3) is 0 Å². The molecule has 2 bridgehead atoms. The largest absolute Gasteiger partial charge is 0.396 e. The highest BCUT2D eigenvalue weighted by atomic mass is 16.3. The summed E-state index contributed by atoms with van der Waals surface area (Å²) in [5.74, 6) is -0.555. The molecular weight excluding hydrogens is 228 g/mol. The van der Waals surface area contributed by atoms with Gasteiger partial charge < -0.3 is 10.2 Å². The van der Waals surface area contributed by atoms with Crippen LogP contribution in [0.15, 0.2) is 30.3 Å². The summed E-state index contributed by atoms with van der Waals surface area (Å²) in [6, 6.07) is 9.81. The van der Waals surface area contributed by atoms with Crippen molar-refractivity contribution >= 4 is 5.78 Å². The van der Waals surface area contributed by atoms with E-state index in [1.165, 1.54) is 0 Å². The lowest BCUT2D eigenvalue weighted by Gasteiger charge is -2.30. The van der Waals surface area contributed by atoms with Crippen LogP contribution < -0.4 is 0 Å². The van der Waals surface area contributed by atoms with E-state index in [9.17, 15) is 15.0 Å². The summed E-state index contributed by atoms with van der Waals surface area (Å²) in [4.78, 5) is 12.3. The number of fused-ring (bicyclic) bond motifs is 2. The number of hydrogen-bond acceptors (Lipinski definition) is 3. The van der Waals surface area contributed by atoms with E-state index in [2.05, 4.69) is 0 Å². The Balaban J connectivity index is 2.06. The molecule has 2 aliphatic rings. The second-order valence-corrected chi connectivity index (χ2v) is 5.51. The van der Waals surface area contributed by atoms with Crippen molar-refractivity contribution in [3.63, 3.8) is 0 Å². The number of aliphatic hydroxyl groups excluding tert-OH is 1. The lowest BCUT2D eigenvalue weighted by Crippen LogP contribution is -2.44. The Hall–Kier alpha value is -1.19. The Bertz CT molecular complexity index is 456. The van der Waals surface area contributed by atoms with Gasteiger partial charge in [-0.2, -0.15) is 0 Å². The minimum Gasteiger partial charge on any atom is -0.396 e. The van der Waals surface area contributed by atoms with Gasteiger partial charge in [-0.15, -0.1) is 0 Å². The van der Waals surface area contributed by atoms with E-state index in [1.54, 1.807) is 0 Å². The van der Waals surface area contributed by atoms with Gasteiger partial charge in [-0.25, -0.2) is 0 Å². The van der Waals surface area contributed by atoms with Gasteiger partial charge in [0.25, 0.3) is 0 Å². The van der Waals surface area contributed by atoms with E-state index < -0.39 is 5.60 Å². The standard InChI is InChI=1S/C15H18O3/c16-9-12-13(10-5-2-1-3-6-10)11-7-4-8-15(12,18)14(11)17/h1-3,5-6,11-13,16,18H,4,7-9H2/t11-,12+,13-,15-/m0/s1. The Labute approximate surface area is 106 Å². The first-order chi connectivity index (χ1) is 8.68. The topological polar surface area (TPSA) is 57.5 Å². The summed E-state index contributed by atoms with van der Waals surface area (Å²) < 4.78 is 0. The van der Waals surface area contributed by atoms with Gasteiger partial charge in [-0.05, 0) is 24.8 Å². The molecule has 1 aromatic carbocycles. The number of rotatable bonds is 2. The van der Waals surface area contributed by atoms with Crippen LogP contribution >= 0.6 is 0 Å². The van der Waals surface area contributed by atoms with Gasteiger partial charge in [0.15, 0.2) is 5.78 Å². The molecule has 3 rings (SSSR count). The molecule has 96 valence electrons. The van der Waals surface area contributed by atoms with E-state index in [4.69, 9.17) is 0 Å². The molecule has 0 radical (unpaired) electrons. The monoisotopic (exact) mass is 246 g/mol. The molecule has 0 aromatic heterocycles. The van der Waals surface area contributed by atoms with Gasteiger partial charge in [-0.1, -0.05) is 30.3 Å². The smallest absolute Gasteiger partial charge is 0.168 e. The summed E-state index contributed by atoms with van der Waals surface area (Å²) >= 11 is 0. The average Bonchev–Trinajstić information content (AvgIpc) is 2.53. The molecule has 18 heavy (non-hydrogen) atoms. The van der Waals surface area contributed by atoms with Crippen LogP contribution in [0.4, 0.5) is 0 Å². The van der Waals surface area contributed by atoms with Crippen LogP contribution in [-0.4, -0.2) is 28.2 Å². The lowest BCUT2D eigenvalue weighted by molar-refractivity contribution is -0.144. The molecule has 0 unspecified atom stereocenters. The molecule has 0 amide bonds. The van der Waals surface area contributed by atoms with E-state index in [0.717, 1.165) is 18.4 Å². The summed E-state index contributed by atoms with van der Waals surface area (Å²) in [6.45, 7) is -0.127. The lowest BCUT2D eigenvalue weighted by atomic mass is 9.81. The molecule has 3 heteroatoms. The van der Waals surface area contributed by atoms with Crippen molar-refractivity contribution < 1.29 is 15.0 Å². The fourth-order valence-corrected chi connectivity index (χ4v) is 3.86. The highest BCUT2D eigenvalue weighted by Crippen LogP contribution is 2.54. The molecular formula is C15H18O3. The predicted molar refractivity (Wildman–Crippen MR) is 67.1 cm³/mol. The first-order valence-electron chi connectivity index (χ1n) is 6.61. The maximum atomic E-state index is 12.3. The summed E-state index contributed by atoms with van der Waals surface area (Å²) in [5, 5.41) is 20.2. The van der Waals surface area contributed by atoms with E-state index in [1.807, 2.05) is 30.3 Å². The number of carbonyl (C=O) groups is 1. The van der Waals surface area contributed by atoms with E-state index in [-0.39, 0.29) is 30.1 Å². The van der Waals surface area contributed by atoms with Gasteiger partial charge in [0.1, 0.15) is 5.60 Å². The number of benzene rings is 1. The third-order valence-corrected chi connectivity index (χ3v) is 4.70. The zero-order valence-electron chi connectivity index (χ0n) is 10.2. The zero-order valence-corrected chi connectivity index (χ0v) is 10.2. The molecule has 0 heterocycles. The number of Topliss-reactive ketones (excluding diaryl/α,β-unsaturated/α-hetero) is 1. The molecule has 3 nitrogen and oxygen atoms in total. The number of hydrogen-bond donors (Lipinski definition) is 2. The second kappa shape index (κ2) is 4.18. The minimum absolute atomic E-state index is 0.0313. The number of ketones is 1. The van der Waals surface area contributed by atoms with Crippen LogP contribution in [0.1, 0.15) is 30.7 Å². The molecule has 2 saturated carbocycles. The Morgan fingerprint density at radius 3 is 2.67 bits per heavy atom. The van der Waals surface area contributed by atoms with Gasteiger partial charge in [0.2, 0.25) is 0 Å². The normalized spacial score (nSPS) is 39.0. The van der Waals surface area contributed by atoms with Gasteiger partial charge in [0.05, 0.1) is 0 Å². The number of carbonyl (C=O) groups excluding carboxylic acids is 1. The third-order valence-electron chi connectivity index (χ3n) is 4.70. The Morgan fingerprint density at radius 1 is 1.28 bits per heavy atom. The molecule has 0 saturated heterocycles. The molecule has 2 aliphatic carbocycles. The van der Waals surface area contributed by atoms with E-state index >= 15 is 0 Å². The highest BCUT2D eigenvalue weighted by molar-refractivity contribution is 5.94. The molecule has 1 aromatic rings. The van der Waals surface area contributed by atoms with Crippen LogP contribution in [0.2, 0.25) is 0 Å². The second-order valence-electron chi connectivity index (χ2n) is 5.51. The van der Waals surface area contributed by atoms with Crippen molar-refractivity contribution in [2.45, 2.75) is 30.8 Å². The molecule has 2 fully saturated rings. The fraction of sp³-hybridized carbons (Fsp3) is 0.533. The first kappa shape index (κ1) is 11.9. The SMILES string of the molecule is O=C1[C@H]2CCC[C@]1(O)[C@H](CO)[C@H]2c1ccccc1. The van der Waals surface area contributed by atoms with Crippen molar-refractivity contribution in [2.24, 2.45) is 11.8 Å².